The maximum atomic E-state index is 12.4. The first kappa shape index (κ1) is 16.1. The molecule has 1 aliphatic rings. The Hall–Kier alpha value is -1.79. The highest BCUT2D eigenvalue weighted by molar-refractivity contribution is 7.99. The number of aliphatic carboxylic acids is 1. The Morgan fingerprint density at radius 1 is 1.26 bits per heavy atom. The molecule has 0 bridgehead atoms. The molecular weight excluding hydrogens is 330 g/mol. The van der Waals surface area contributed by atoms with Crippen LogP contribution >= 0.6 is 23.1 Å². The number of rotatable bonds is 6. The summed E-state index contributed by atoms with van der Waals surface area (Å²) < 4.78 is 0. The molecule has 1 heterocycles. The van der Waals surface area contributed by atoms with E-state index in [0.29, 0.717) is 5.75 Å². The molecule has 0 saturated carbocycles. The Kier molecular flexibility index (Phi) is 5.03. The summed E-state index contributed by atoms with van der Waals surface area (Å²) in [6.07, 6.45) is 3.36. The largest absolute Gasteiger partial charge is 0.481 e. The third-order valence-corrected chi connectivity index (χ3v) is 5.87. The van der Waals surface area contributed by atoms with Crippen molar-refractivity contribution in [3.63, 3.8) is 0 Å². The second-order valence-electron chi connectivity index (χ2n) is 5.45. The average molecular weight is 347 g/mol. The van der Waals surface area contributed by atoms with Crippen LogP contribution in [-0.2, 0) is 23.4 Å². The smallest absolute Gasteiger partial charge is 0.313 e. The van der Waals surface area contributed by atoms with Crippen molar-refractivity contribution < 1.29 is 14.7 Å². The van der Waals surface area contributed by atoms with Crippen LogP contribution in [0.1, 0.15) is 32.1 Å². The summed E-state index contributed by atoms with van der Waals surface area (Å²) in [4.78, 5) is 25.0. The minimum Gasteiger partial charge on any atom is -0.481 e. The molecule has 6 heteroatoms. The van der Waals surface area contributed by atoms with Crippen LogP contribution in [0.25, 0.3) is 0 Å². The number of fused-ring (bicyclic) bond motifs is 1. The number of carbonyl (C=O) groups excluding carboxylic acids is 1. The number of nitrogens with one attached hydrogen (secondary N) is 1. The molecule has 2 N–H and O–H groups in total. The van der Waals surface area contributed by atoms with Gasteiger partial charge < -0.3 is 10.4 Å². The first-order chi connectivity index (χ1) is 11.1. The molecule has 0 atom stereocenters. The number of benzene rings is 1. The van der Waals surface area contributed by atoms with E-state index in [1.54, 1.807) is 11.3 Å². The lowest BCUT2D eigenvalue weighted by atomic mass is 10.2. The summed E-state index contributed by atoms with van der Waals surface area (Å²) >= 11 is 2.93. The summed E-state index contributed by atoms with van der Waals surface area (Å²) in [6.45, 7) is 0. The van der Waals surface area contributed by atoms with Crippen molar-refractivity contribution in [2.75, 3.05) is 11.1 Å². The zero-order chi connectivity index (χ0) is 16.2. The van der Waals surface area contributed by atoms with Crippen LogP contribution < -0.4 is 5.32 Å². The maximum Gasteiger partial charge on any atom is 0.313 e. The highest BCUT2D eigenvalue weighted by atomic mass is 32.2. The van der Waals surface area contributed by atoms with Gasteiger partial charge in [0.2, 0.25) is 0 Å². The van der Waals surface area contributed by atoms with Crippen molar-refractivity contribution in [2.24, 2.45) is 0 Å². The van der Waals surface area contributed by atoms with Gasteiger partial charge >= 0.3 is 5.97 Å². The highest BCUT2D eigenvalue weighted by Gasteiger charge is 2.18. The Bertz CT molecular complexity index is 718. The molecular formula is C17H17NO3S2. The fourth-order valence-corrected chi connectivity index (χ4v) is 4.47. The van der Waals surface area contributed by atoms with E-state index in [0.717, 1.165) is 29.0 Å². The Morgan fingerprint density at radius 2 is 2.13 bits per heavy atom. The number of aryl methyl sites for hydroxylation is 2. The number of carbonyl (C=O) groups is 2. The molecule has 4 nitrogen and oxygen atoms in total. The first-order valence-electron chi connectivity index (χ1n) is 7.43. The molecule has 120 valence electrons. The third kappa shape index (κ3) is 4.14. The Labute approximate surface area is 142 Å². The predicted molar refractivity (Wildman–Crippen MR) is 94.5 cm³/mol. The average Bonchev–Trinajstić information content (AvgIpc) is 3.08. The monoisotopic (exact) mass is 347 g/mol. The van der Waals surface area contributed by atoms with Gasteiger partial charge in [-0.15, -0.1) is 23.1 Å². The van der Waals surface area contributed by atoms with Gasteiger partial charge in [0.15, 0.2) is 0 Å². The normalized spacial score (nSPS) is 12.9. The molecule has 1 aromatic heterocycles. The minimum absolute atomic E-state index is 0.0697. The number of carboxylic acid groups (broad SMARTS) is 1. The fraction of sp³-hybridized carbons (Fsp3) is 0.294. The van der Waals surface area contributed by atoms with Crippen molar-refractivity contribution >= 4 is 40.7 Å². The lowest BCUT2D eigenvalue weighted by Gasteiger charge is -2.06. The Morgan fingerprint density at radius 3 is 2.91 bits per heavy atom. The van der Waals surface area contributed by atoms with Gasteiger partial charge in [0, 0.05) is 16.3 Å². The SMILES string of the molecule is O=C(O)CSCc1cccc(NC(=O)c2cc3c(s2)CCC3)c1. The van der Waals surface area contributed by atoms with Crippen LogP contribution in [0, 0.1) is 0 Å². The quantitative estimate of drug-likeness (QED) is 0.834. The molecule has 0 radical (unpaired) electrons. The van der Waals surface area contributed by atoms with E-state index < -0.39 is 5.97 Å². The van der Waals surface area contributed by atoms with Gasteiger partial charge in [-0.3, -0.25) is 9.59 Å². The number of hydrogen-bond donors (Lipinski definition) is 2. The topological polar surface area (TPSA) is 66.4 Å². The van der Waals surface area contributed by atoms with Crippen LogP contribution in [0.2, 0.25) is 0 Å². The molecule has 0 spiro atoms. The van der Waals surface area contributed by atoms with E-state index in [-0.39, 0.29) is 11.7 Å². The molecule has 3 rings (SSSR count). The highest BCUT2D eigenvalue weighted by Crippen LogP contribution is 2.31. The second kappa shape index (κ2) is 7.19. The van der Waals surface area contributed by atoms with Crippen LogP contribution in [0.5, 0.6) is 0 Å². The predicted octanol–water partition coefficient (Wildman–Crippen LogP) is 3.81. The van der Waals surface area contributed by atoms with Crippen molar-refractivity contribution in [2.45, 2.75) is 25.0 Å². The first-order valence-corrected chi connectivity index (χ1v) is 9.40. The molecule has 1 amide bonds. The third-order valence-electron chi connectivity index (χ3n) is 3.65. The van der Waals surface area contributed by atoms with E-state index >= 15 is 0 Å². The minimum atomic E-state index is -0.815. The number of hydrogen-bond acceptors (Lipinski definition) is 4. The van der Waals surface area contributed by atoms with Crippen LogP contribution in [-0.4, -0.2) is 22.7 Å². The summed E-state index contributed by atoms with van der Waals surface area (Å²) in [5.41, 5.74) is 3.07. The molecule has 2 aromatic rings. The number of amides is 1. The van der Waals surface area contributed by atoms with Gasteiger partial charge in [0.1, 0.15) is 0 Å². The zero-order valence-electron chi connectivity index (χ0n) is 12.5. The van der Waals surface area contributed by atoms with Gasteiger partial charge in [-0.2, -0.15) is 0 Å². The van der Waals surface area contributed by atoms with E-state index in [2.05, 4.69) is 5.32 Å². The van der Waals surface area contributed by atoms with Crippen molar-refractivity contribution in [3.8, 4) is 0 Å². The molecule has 0 unspecified atom stereocenters. The summed E-state index contributed by atoms with van der Waals surface area (Å²) in [7, 11) is 0. The number of thioether (sulfide) groups is 1. The molecule has 0 aliphatic heterocycles. The standard InChI is InChI=1S/C17H17NO3S2/c19-16(20)10-22-9-11-3-1-5-13(7-11)18-17(21)15-8-12-4-2-6-14(12)23-15/h1,3,5,7-8H,2,4,6,9-10H2,(H,18,21)(H,19,20). The molecule has 1 aromatic carbocycles. The molecule has 0 saturated heterocycles. The van der Waals surface area contributed by atoms with Crippen LogP contribution in [0.4, 0.5) is 5.69 Å². The van der Waals surface area contributed by atoms with Gasteiger partial charge in [-0.05, 0) is 48.6 Å². The van der Waals surface area contributed by atoms with Crippen molar-refractivity contribution in [3.05, 3.63) is 51.2 Å². The number of carboxylic acids is 1. The van der Waals surface area contributed by atoms with E-state index in [9.17, 15) is 9.59 Å². The van der Waals surface area contributed by atoms with Crippen LogP contribution in [0.15, 0.2) is 30.3 Å². The molecule has 1 aliphatic carbocycles. The lowest BCUT2D eigenvalue weighted by molar-refractivity contribution is -0.133. The van der Waals surface area contributed by atoms with Crippen molar-refractivity contribution in [1.82, 2.24) is 0 Å². The Balaban J connectivity index is 1.62. The van der Waals surface area contributed by atoms with E-state index in [1.165, 1.54) is 28.6 Å². The van der Waals surface area contributed by atoms with Gasteiger partial charge in [0.05, 0.1) is 10.6 Å². The summed E-state index contributed by atoms with van der Waals surface area (Å²) in [6, 6.07) is 9.57. The van der Waals surface area contributed by atoms with Crippen molar-refractivity contribution in [1.29, 1.82) is 0 Å². The number of anilines is 1. The van der Waals surface area contributed by atoms with E-state index in [4.69, 9.17) is 5.11 Å². The molecule has 0 fully saturated rings. The number of thiophene rings is 1. The second-order valence-corrected chi connectivity index (χ2v) is 7.58. The fourth-order valence-electron chi connectivity index (χ4n) is 2.63. The lowest BCUT2D eigenvalue weighted by Crippen LogP contribution is -2.10. The molecule has 23 heavy (non-hydrogen) atoms. The van der Waals surface area contributed by atoms with Gasteiger partial charge in [-0.1, -0.05) is 12.1 Å². The zero-order valence-corrected chi connectivity index (χ0v) is 14.1. The maximum absolute atomic E-state index is 12.4. The summed E-state index contributed by atoms with van der Waals surface area (Å²) in [5, 5.41) is 11.6. The van der Waals surface area contributed by atoms with E-state index in [1.807, 2.05) is 30.3 Å². The van der Waals surface area contributed by atoms with Gasteiger partial charge in [0.25, 0.3) is 5.91 Å². The van der Waals surface area contributed by atoms with Gasteiger partial charge in [-0.25, -0.2) is 0 Å². The summed E-state index contributed by atoms with van der Waals surface area (Å²) in [5.74, 6) is -0.189. The van der Waals surface area contributed by atoms with Crippen LogP contribution in [0.3, 0.4) is 0 Å².